The largest absolute Gasteiger partial charge is 0.294 e. The first-order chi connectivity index (χ1) is 10.7. The van der Waals surface area contributed by atoms with E-state index < -0.39 is 23.1 Å². The summed E-state index contributed by atoms with van der Waals surface area (Å²) in [5.74, 6) is -2.97. The second-order valence-corrected chi connectivity index (χ2v) is 6.64. The Labute approximate surface area is 132 Å². The summed E-state index contributed by atoms with van der Waals surface area (Å²) in [5, 5.41) is 0.334. The molecule has 2 nitrogen and oxygen atoms in total. The molecular formula is C18H18F3NO. The van der Waals surface area contributed by atoms with E-state index in [0.717, 1.165) is 0 Å². The molecule has 0 radical (unpaired) electrons. The molecule has 5 heteroatoms. The number of benzene rings is 1. The highest BCUT2D eigenvalue weighted by Gasteiger charge is 2.38. The third-order valence-corrected chi connectivity index (χ3v) is 4.83. The summed E-state index contributed by atoms with van der Waals surface area (Å²) in [4.78, 5) is 15.7. The lowest BCUT2D eigenvalue weighted by atomic mass is 9.77. The maximum atomic E-state index is 14.9. The van der Waals surface area contributed by atoms with Gasteiger partial charge in [0.2, 0.25) is 0 Å². The summed E-state index contributed by atoms with van der Waals surface area (Å²) in [7, 11) is 0. The number of hydrogen-bond donors (Lipinski definition) is 0. The molecule has 0 saturated carbocycles. The van der Waals surface area contributed by atoms with Gasteiger partial charge in [-0.25, -0.2) is 18.2 Å². The van der Waals surface area contributed by atoms with E-state index in [-0.39, 0.29) is 23.4 Å². The van der Waals surface area contributed by atoms with Crippen LogP contribution in [0.1, 0.15) is 48.8 Å². The van der Waals surface area contributed by atoms with Crippen LogP contribution in [0, 0.1) is 17.6 Å². The van der Waals surface area contributed by atoms with Crippen molar-refractivity contribution in [2.24, 2.45) is 5.92 Å². The molecule has 1 aromatic heterocycles. The van der Waals surface area contributed by atoms with Crippen molar-refractivity contribution < 1.29 is 18.0 Å². The van der Waals surface area contributed by atoms with Gasteiger partial charge in [0, 0.05) is 17.5 Å². The SMILES string of the molecule is CC(=O)c1cc2cc3c(nc2c(F)c1F)CC[C@@](F)(C(C)C)C3. The van der Waals surface area contributed by atoms with Crippen molar-refractivity contribution in [3.63, 3.8) is 0 Å². The maximum absolute atomic E-state index is 14.9. The summed E-state index contributed by atoms with van der Waals surface area (Å²) < 4.78 is 43.1. The molecule has 1 aliphatic carbocycles. The van der Waals surface area contributed by atoms with Crippen molar-refractivity contribution >= 4 is 16.7 Å². The zero-order valence-electron chi connectivity index (χ0n) is 13.3. The van der Waals surface area contributed by atoms with Crippen LogP contribution in [0.15, 0.2) is 12.1 Å². The Morgan fingerprint density at radius 3 is 2.57 bits per heavy atom. The molecule has 2 aromatic rings. The summed E-state index contributed by atoms with van der Waals surface area (Å²) in [6.07, 6.45) is 0.929. The number of rotatable bonds is 2. The van der Waals surface area contributed by atoms with Crippen LogP contribution in [0.5, 0.6) is 0 Å². The minimum Gasteiger partial charge on any atom is -0.294 e. The molecule has 3 rings (SSSR count). The number of Topliss-reactive ketones (excluding diaryl/α,β-unsaturated/α-hetero) is 1. The van der Waals surface area contributed by atoms with Gasteiger partial charge in [0.05, 0.1) is 5.56 Å². The van der Waals surface area contributed by atoms with Crippen LogP contribution in [0.4, 0.5) is 13.2 Å². The second kappa shape index (κ2) is 5.32. The van der Waals surface area contributed by atoms with Crippen molar-refractivity contribution in [3.8, 4) is 0 Å². The number of alkyl halides is 1. The lowest BCUT2D eigenvalue weighted by Crippen LogP contribution is -2.36. The molecule has 0 fully saturated rings. The van der Waals surface area contributed by atoms with Gasteiger partial charge >= 0.3 is 0 Å². The van der Waals surface area contributed by atoms with Crippen LogP contribution in [-0.4, -0.2) is 16.4 Å². The fraction of sp³-hybridized carbons (Fsp3) is 0.444. The first-order valence-corrected chi connectivity index (χ1v) is 7.73. The summed E-state index contributed by atoms with van der Waals surface area (Å²) in [5.41, 5.74) is -0.393. The quantitative estimate of drug-likeness (QED) is 0.759. The first kappa shape index (κ1) is 16.0. The van der Waals surface area contributed by atoms with E-state index in [1.54, 1.807) is 6.07 Å². The molecule has 122 valence electrons. The van der Waals surface area contributed by atoms with Gasteiger partial charge in [-0.2, -0.15) is 0 Å². The van der Waals surface area contributed by atoms with E-state index in [1.807, 2.05) is 13.8 Å². The van der Waals surface area contributed by atoms with Crippen LogP contribution < -0.4 is 0 Å². The van der Waals surface area contributed by atoms with Crippen molar-refractivity contribution in [2.75, 3.05) is 0 Å². The maximum Gasteiger partial charge on any atom is 0.185 e. The normalized spacial score (nSPS) is 20.8. The van der Waals surface area contributed by atoms with Crippen molar-refractivity contribution in [2.45, 2.75) is 45.7 Å². The van der Waals surface area contributed by atoms with Gasteiger partial charge in [-0.05, 0) is 43.4 Å². The lowest BCUT2D eigenvalue weighted by Gasteiger charge is -2.34. The number of carbonyl (C=O) groups is 1. The Balaban J connectivity index is 2.19. The average molecular weight is 321 g/mol. The fourth-order valence-corrected chi connectivity index (χ4v) is 3.19. The Morgan fingerprint density at radius 1 is 1.26 bits per heavy atom. The van der Waals surface area contributed by atoms with Crippen LogP contribution in [-0.2, 0) is 12.8 Å². The number of pyridine rings is 1. The molecule has 1 aliphatic rings. The van der Waals surface area contributed by atoms with E-state index in [1.165, 1.54) is 13.0 Å². The minimum absolute atomic E-state index is 0.0952. The van der Waals surface area contributed by atoms with Gasteiger partial charge in [-0.3, -0.25) is 4.79 Å². The number of halogens is 3. The molecule has 0 aliphatic heterocycles. The van der Waals surface area contributed by atoms with Gasteiger partial charge in [-0.15, -0.1) is 0 Å². The monoisotopic (exact) mass is 321 g/mol. The second-order valence-electron chi connectivity index (χ2n) is 6.64. The smallest absolute Gasteiger partial charge is 0.185 e. The first-order valence-electron chi connectivity index (χ1n) is 7.73. The molecule has 0 N–H and O–H groups in total. The van der Waals surface area contributed by atoms with Crippen LogP contribution in [0.3, 0.4) is 0 Å². The number of carbonyl (C=O) groups excluding carboxylic acids is 1. The minimum atomic E-state index is -1.32. The molecule has 0 bridgehead atoms. The third-order valence-electron chi connectivity index (χ3n) is 4.83. The average Bonchev–Trinajstić information content (AvgIpc) is 2.49. The number of ketones is 1. The molecule has 1 heterocycles. The van der Waals surface area contributed by atoms with E-state index in [4.69, 9.17) is 0 Å². The number of aryl methyl sites for hydroxylation is 1. The third kappa shape index (κ3) is 2.52. The highest BCUT2D eigenvalue weighted by atomic mass is 19.2. The van der Waals surface area contributed by atoms with E-state index in [9.17, 15) is 18.0 Å². The van der Waals surface area contributed by atoms with Crippen molar-refractivity contribution in [3.05, 3.63) is 40.6 Å². The fourth-order valence-electron chi connectivity index (χ4n) is 3.19. The van der Waals surface area contributed by atoms with Gasteiger partial charge < -0.3 is 0 Å². The number of aromatic nitrogens is 1. The van der Waals surface area contributed by atoms with Crippen molar-refractivity contribution in [1.82, 2.24) is 4.98 Å². The highest BCUT2D eigenvalue weighted by Crippen LogP contribution is 2.38. The van der Waals surface area contributed by atoms with Gasteiger partial charge in [0.15, 0.2) is 17.4 Å². The van der Waals surface area contributed by atoms with Crippen LogP contribution in [0.2, 0.25) is 0 Å². The Kier molecular flexibility index (Phi) is 3.69. The predicted octanol–water partition coefficient (Wildman–Crippen LogP) is 4.57. The van der Waals surface area contributed by atoms with Gasteiger partial charge in [0.25, 0.3) is 0 Å². The Bertz CT molecular complexity index is 816. The lowest BCUT2D eigenvalue weighted by molar-refractivity contribution is 0.0821. The van der Waals surface area contributed by atoms with Gasteiger partial charge in [0.1, 0.15) is 11.2 Å². The standard InChI is InChI=1S/C18H18F3NO/c1-9(2)18(21)5-4-14-12(8-18)6-11-7-13(10(3)23)15(19)16(20)17(11)22-14/h6-7,9H,4-5,8H2,1-3H3/t18-/m0/s1. The number of fused-ring (bicyclic) bond motifs is 2. The Morgan fingerprint density at radius 2 is 1.96 bits per heavy atom. The molecule has 23 heavy (non-hydrogen) atoms. The van der Waals surface area contributed by atoms with E-state index in [2.05, 4.69) is 4.98 Å². The van der Waals surface area contributed by atoms with E-state index in [0.29, 0.717) is 29.5 Å². The molecule has 1 atom stereocenters. The number of nitrogens with zero attached hydrogens (tertiary/aromatic N) is 1. The molecule has 0 saturated heterocycles. The zero-order valence-corrected chi connectivity index (χ0v) is 13.3. The summed E-state index contributed by atoms with van der Waals surface area (Å²) >= 11 is 0. The topological polar surface area (TPSA) is 30.0 Å². The zero-order chi connectivity index (χ0) is 16.9. The Hall–Kier alpha value is -1.91. The molecule has 0 unspecified atom stereocenters. The summed E-state index contributed by atoms with van der Waals surface area (Å²) in [6, 6.07) is 2.94. The van der Waals surface area contributed by atoms with Crippen LogP contribution in [0.25, 0.3) is 10.9 Å². The molecule has 0 amide bonds. The number of hydrogen-bond acceptors (Lipinski definition) is 2. The highest BCUT2D eigenvalue weighted by molar-refractivity contribution is 5.98. The van der Waals surface area contributed by atoms with E-state index >= 15 is 0 Å². The molecule has 1 aromatic carbocycles. The van der Waals surface area contributed by atoms with Crippen LogP contribution >= 0.6 is 0 Å². The summed E-state index contributed by atoms with van der Waals surface area (Å²) in [6.45, 7) is 4.85. The molecular weight excluding hydrogens is 303 g/mol. The van der Waals surface area contributed by atoms with Gasteiger partial charge in [-0.1, -0.05) is 13.8 Å². The predicted molar refractivity (Wildman–Crippen MR) is 82.4 cm³/mol. The molecule has 0 spiro atoms. The van der Waals surface area contributed by atoms with Crippen molar-refractivity contribution in [1.29, 1.82) is 0 Å².